The van der Waals surface area contributed by atoms with Gasteiger partial charge in [-0.1, -0.05) is 20.3 Å². The topological polar surface area (TPSA) is 40.4 Å². The molecule has 3 rings (SSSR count). The number of fused-ring (bicyclic) bond motifs is 2. The van der Waals surface area contributed by atoms with Crippen molar-refractivity contribution in [1.82, 2.24) is 15.5 Å². The van der Waals surface area contributed by atoms with Crippen LogP contribution < -0.4 is 10.6 Å². The first kappa shape index (κ1) is 16.8. The maximum atomic E-state index is 5.46. The van der Waals surface area contributed by atoms with E-state index < -0.39 is 0 Å². The van der Waals surface area contributed by atoms with E-state index in [0.29, 0.717) is 12.6 Å². The van der Waals surface area contributed by atoms with Crippen LogP contribution in [0.4, 0.5) is 0 Å². The highest BCUT2D eigenvalue weighted by Gasteiger charge is 2.38. The molecule has 128 valence electrons. The lowest BCUT2D eigenvalue weighted by atomic mass is 9.81. The number of hydrogen-bond acceptors (Lipinski definition) is 3. The fraction of sp³-hybridized carbons (Fsp3) is 0.722. The summed E-state index contributed by atoms with van der Waals surface area (Å²) in [5.41, 5.74) is 0. The van der Waals surface area contributed by atoms with Gasteiger partial charge in [-0.3, -0.25) is 4.90 Å². The van der Waals surface area contributed by atoms with Crippen LogP contribution in [0.15, 0.2) is 22.8 Å². The van der Waals surface area contributed by atoms with Gasteiger partial charge in [0.25, 0.3) is 0 Å². The average Bonchev–Trinajstić information content (AvgIpc) is 2.99. The summed E-state index contributed by atoms with van der Waals surface area (Å²) in [7, 11) is 0. The van der Waals surface area contributed by atoms with Gasteiger partial charge in [-0.2, -0.15) is 0 Å². The third kappa shape index (κ3) is 4.48. The Labute approximate surface area is 145 Å². The Bertz CT molecular complexity index is 488. The fourth-order valence-electron chi connectivity index (χ4n) is 4.13. The molecule has 2 aliphatic rings. The first-order chi connectivity index (χ1) is 11.1. The Morgan fingerprint density at radius 3 is 2.70 bits per heavy atom. The number of rotatable bonds is 5. The number of piperidine rings is 2. The Balaban J connectivity index is 1.49. The van der Waals surface area contributed by atoms with Crippen molar-refractivity contribution in [3.63, 3.8) is 0 Å². The maximum absolute atomic E-state index is 5.46. The van der Waals surface area contributed by atoms with Gasteiger partial charge < -0.3 is 15.1 Å². The van der Waals surface area contributed by atoms with Crippen LogP contribution in [0.3, 0.4) is 0 Å². The molecule has 0 amide bonds. The highest BCUT2D eigenvalue weighted by atomic mass is 32.1. The zero-order valence-electron chi connectivity index (χ0n) is 14.3. The van der Waals surface area contributed by atoms with Crippen molar-refractivity contribution in [2.45, 2.75) is 70.6 Å². The molecule has 3 heterocycles. The van der Waals surface area contributed by atoms with Gasteiger partial charge in [0, 0.05) is 24.7 Å². The third-order valence-corrected chi connectivity index (χ3v) is 5.30. The minimum Gasteiger partial charge on any atom is -0.467 e. The second kappa shape index (κ2) is 7.67. The van der Waals surface area contributed by atoms with Gasteiger partial charge in [0.1, 0.15) is 5.76 Å². The van der Waals surface area contributed by atoms with Crippen LogP contribution in [0, 0.1) is 5.92 Å². The van der Waals surface area contributed by atoms with Crippen molar-refractivity contribution in [2.75, 3.05) is 6.54 Å². The molecule has 0 radical (unpaired) electrons. The van der Waals surface area contributed by atoms with Crippen molar-refractivity contribution in [1.29, 1.82) is 0 Å². The van der Waals surface area contributed by atoms with E-state index in [1.54, 1.807) is 6.26 Å². The predicted octanol–water partition coefficient (Wildman–Crippen LogP) is 3.29. The summed E-state index contributed by atoms with van der Waals surface area (Å²) < 4.78 is 5.33. The lowest BCUT2D eigenvalue weighted by Crippen LogP contribution is -2.58. The second-order valence-electron chi connectivity index (χ2n) is 7.40. The van der Waals surface area contributed by atoms with Crippen LogP contribution in [-0.2, 0) is 6.54 Å². The summed E-state index contributed by atoms with van der Waals surface area (Å²) in [5, 5.41) is 7.54. The summed E-state index contributed by atoms with van der Waals surface area (Å²) in [4.78, 5) is 2.77. The molecule has 0 unspecified atom stereocenters. The van der Waals surface area contributed by atoms with E-state index >= 15 is 0 Å². The lowest BCUT2D eigenvalue weighted by molar-refractivity contribution is 0.0190. The van der Waals surface area contributed by atoms with Gasteiger partial charge in [-0.25, -0.2) is 0 Å². The Morgan fingerprint density at radius 2 is 2.09 bits per heavy atom. The van der Waals surface area contributed by atoms with E-state index in [9.17, 15) is 0 Å². The first-order valence-electron chi connectivity index (χ1n) is 8.94. The van der Waals surface area contributed by atoms with E-state index in [4.69, 9.17) is 16.6 Å². The van der Waals surface area contributed by atoms with E-state index in [-0.39, 0.29) is 0 Å². The smallest absolute Gasteiger partial charge is 0.166 e. The Morgan fingerprint density at radius 1 is 1.35 bits per heavy atom. The van der Waals surface area contributed by atoms with Crippen LogP contribution in [0.5, 0.6) is 0 Å². The zero-order valence-corrected chi connectivity index (χ0v) is 15.1. The molecule has 2 bridgehead atoms. The van der Waals surface area contributed by atoms with Crippen molar-refractivity contribution < 1.29 is 4.42 Å². The summed E-state index contributed by atoms with van der Waals surface area (Å²) in [5.74, 6) is 1.66. The van der Waals surface area contributed by atoms with Crippen LogP contribution in [0.1, 0.15) is 51.7 Å². The molecule has 0 saturated carbocycles. The van der Waals surface area contributed by atoms with Gasteiger partial charge in [0.05, 0.1) is 12.8 Å². The maximum Gasteiger partial charge on any atom is 0.166 e. The van der Waals surface area contributed by atoms with E-state index in [0.717, 1.165) is 28.9 Å². The largest absolute Gasteiger partial charge is 0.467 e. The zero-order chi connectivity index (χ0) is 16.2. The Kier molecular flexibility index (Phi) is 5.59. The summed E-state index contributed by atoms with van der Waals surface area (Å²) in [6, 6.07) is 5.83. The lowest BCUT2D eigenvalue weighted by Gasteiger charge is -2.49. The molecule has 1 aromatic rings. The quantitative estimate of drug-likeness (QED) is 0.808. The van der Waals surface area contributed by atoms with Gasteiger partial charge in [-0.05, 0) is 56.0 Å². The molecule has 2 N–H and O–H groups in total. The molecule has 2 aliphatic heterocycles. The molecule has 0 aliphatic carbocycles. The van der Waals surface area contributed by atoms with Crippen LogP contribution in [-0.4, -0.2) is 34.7 Å². The molecule has 0 spiro atoms. The number of furan rings is 1. The molecule has 2 saturated heterocycles. The summed E-state index contributed by atoms with van der Waals surface area (Å²) in [6.45, 7) is 6.54. The monoisotopic (exact) mass is 335 g/mol. The summed E-state index contributed by atoms with van der Waals surface area (Å²) >= 11 is 5.46. The molecule has 5 heteroatoms. The van der Waals surface area contributed by atoms with Gasteiger partial charge >= 0.3 is 0 Å². The first-order valence-corrected chi connectivity index (χ1v) is 9.35. The molecule has 2 fully saturated rings. The standard InChI is InChI=1S/C18H29N3OS/c1-13(2)12-21-15-5-3-6-16(21)10-14(9-15)20-18(23)19-11-17-7-4-8-22-17/h4,7-8,13-16H,3,5-6,9-12H2,1-2H3,(H2,19,20,23)/t15-,16-/m0/s1. The van der Waals surface area contributed by atoms with Crippen molar-refractivity contribution in [3.05, 3.63) is 24.2 Å². The molecule has 4 nitrogen and oxygen atoms in total. The number of nitrogens with one attached hydrogen (secondary N) is 2. The van der Waals surface area contributed by atoms with Gasteiger partial charge in [-0.15, -0.1) is 0 Å². The SMILES string of the molecule is CC(C)CN1[C@H]2CCC[C@H]1CC(NC(=S)NCc1ccco1)C2. The molecular formula is C18H29N3OS. The second-order valence-corrected chi connectivity index (χ2v) is 7.81. The minimum atomic E-state index is 0.505. The average molecular weight is 336 g/mol. The molecule has 2 atom stereocenters. The Hall–Kier alpha value is -1.07. The fourth-order valence-corrected chi connectivity index (χ4v) is 4.37. The normalized spacial score (nSPS) is 27.9. The van der Waals surface area contributed by atoms with Crippen LogP contribution >= 0.6 is 12.2 Å². The van der Waals surface area contributed by atoms with Crippen LogP contribution in [0.2, 0.25) is 0 Å². The minimum absolute atomic E-state index is 0.505. The van der Waals surface area contributed by atoms with Crippen molar-refractivity contribution in [3.8, 4) is 0 Å². The molecule has 23 heavy (non-hydrogen) atoms. The third-order valence-electron chi connectivity index (χ3n) is 5.04. The van der Waals surface area contributed by atoms with E-state index in [2.05, 4.69) is 29.4 Å². The molecular weight excluding hydrogens is 306 g/mol. The highest BCUT2D eigenvalue weighted by Crippen LogP contribution is 2.34. The molecule has 0 aromatic carbocycles. The van der Waals surface area contributed by atoms with E-state index in [1.165, 1.54) is 38.6 Å². The summed E-state index contributed by atoms with van der Waals surface area (Å²) in [6.07, 6.45) is 8.19. The van der Waals surface area contributed by atoms with E-state index in [1.807, 2.05) is 12.1 Å². The van der Waals surface area contributed by atoms with Crippen molar-refractivity contribution >= 4 is 17.3 Å². The van der Waals surface area contributed by atoms with Gasteiger partial charge in [0.15, 0.2) is 5.11 Å². The number of nitrogens with zero attached hydrogens (tertiary/aromatic N) is 1. The molecule has 1 aromatic heterocycles. The van der Waals surface area contributed by atoms with Crippen molar-refractivity contribution in [2.24, 2.45) is 5.92 Å². The predicted molar refractivity (Wildman–Crippen MR) is 97.3 cm³/mol. The highest BCUT2D eigenvalue weighted by molar-refractivity contribution is 7.80. The van der Waals surface area contributed by atoms with Crippen LogP contribution in [0.25, 0.3) is 0 Å². The number of hydrogen-bond donors (Lipinski definition) is 2. The van der Waals surface area contributed by atoms with Gasteiger partial charge in [0.2, 0.25) is 0 Å². The number of thiocarbonyl (C=S) groups is 1.